The number of imidazole rings is 1. The van der Waals surface area contributed by atoms with E-state index in [1.165, 1.54) is 20.0 Å². The van der Waals surface area contributed by atoms with Crippen LogP contribution in [0, 0.1) is 5.92 Å². The van der Waals surface area contributed by atoms with Crippen molar-refractivity contribution in [3.05, 3.63) is 42.0 Å². The number of aromatic nitrogens is 3. The van der Waals surface area contributed by atoms with Crippen LogP contribution in [0.5, 0.6) is 5.75 Å². The number of nitrogens with zero attached hydrogens (tertiary/aromatic N) is 3. The minimum atomic E-state index is -0.416. The van der Waals surface area contributed by atoms with Crippen LogP contribution in [0.25, 0.3) is 33.5 Å². The molecule has 150 valence electrons. The fraction of sp³-hybridized carbons (Fsp3) is 0.304. The van der Waals surface area contributed by atoms with Gasteiger partial charge in [0, 0.05) is 24.5 Å². The highest BCUT2D eigenvalue weighted by Crippen LogP contribution is 2.37. The molecule has 30 heavy (non-hydrogen) atoms. The van der Waals surface area contributed by atoms with Crippen molar-refractivity contribution in [2.45, 2.75) is 19.4 Å². The Kier molecular flexibility index (Phi) is 4.34. The molecule has 0 spiro atoms. The topological polar surface area (TPSA) is 58.3 Å². The van der Waals surface area contributed by atoms with Gasteiger partial charge in [0.1, 0.15) is 19.1 Å². The number of carbonyl (C=O) groups excluding carboxylic acids is 1. The summed E-state index contributed by atoms with van der Waals surface area (Å²) in [4.78, 5) is 17.0. The van der Waals surface area contributed by atoms with Gasteiger partial charge in [-0.05, 0) is 43.0 Å². The maximum atomic E-state index is 12.1. The first-order valence-electron chi connectivity index (χ1n) is 10.0. The van der Waals surface area contributed by atoms with Gasteiger partial charge in [0.15, 0.2) is 5.82 Å². The minimum Gasteiger partial charge on any atom is -0.494 e. The van der Waals surface area contributed by atoms with Crippen LogP contribution in [0.4, 0.5) is 0 Å². The van der Waals surface area contributed by atoms with E-state index >= 15 is 0 Å². The normalized spacial score (nSPS) is 13.8. The molecular formula is C23H22BN3O3. The summed E-state index contributed by atoms with van der Waals surface area (Å²) < 4.78 is 14.8. The van der Waals surface area contributed by atoms with E-state index in [9.17, 15) is 4.79 Å². The van der Waals surface area contributed by atoms with Crippen molar-refractivity contribution >= 4 is 41.2 Å². The standard InChI is InChI=1S/C23H22BN3O3/c1-26-21-17(8-15(23(28)30-3)10-20(21)29-2)25-22(26)19-9-14-6-7-16(24)11-18(14)27(19)12-13-4-5-13/h6-11,13H,4-5,12H2,1-3H3. The van der Waals surface area contributed by atoms with Crippen molar-refractivity contribution in [3.63, 3.8) is 0 Å². The lowest BCUT2D eigenvalue weighted by Crippen LogP contribution is -2.07. The number of benzene rings is 2. The van der Waals surface area contributed by atoms with Crippen molar-refractivity contribution in [3.8, 4) is 17.3 Å². The quantitative estimate of drug-likeness (QED) is 0.382. The zero-order chi connectivity index (χ0) is 21.0. The average molecular weight is 399 g/mol. The highest BCUT2D eigenvalue weighted by molar-refractivity contribution is 6.33. The van der Waals surface area contributed by atoms with Crippen molar-refractivity contribution in [2.75, 3.05) is 14.2 Å². The van der Waals surface area contributed by atoms with E-state index in [2.05, 4.69) is 16.7 Å². The molecule has 5 rings (SSSR count). The van der Waals surface area contributed by atoms with Gasteiger partial charge in [-0.15, -0.1) is 0 Å². The van der Waals surface area contributed by atoms with Crippen LogP contribution in [-0.2, 0) is 18.3 Å². The molecule has 0 amide bonds. The second kappa shape index (κ2) is 6.94. The van der Waals surface area contributed by atoms with Crippen LogP contribution >= 0.6 is 0 Å². The second-order valence-electron chi connectivity index (χ2n) is 7.93. The molecule has 6 nitrogen and oxygen atoms in total. The SMILES string of the molecule is [B]c1ccc2cc(-c3nc4cc(C(=O)OC)cc(OC)c4n3C)n(CC3CC3)c2c1. The molecule has 7 heteroatoms. The third kappa shape index (κ3) is 2.96. The predicted molar refractivity (Wildman–Crippen MR) is 118 cm³/mol. The first-order valence-corrected chi connectivity index (χ1v) is 10.0. The van der Waals surface area contributed by atoms with Crippen LogP contribution in [-0.4, -0.2) is 42.2 Å². The van der Waals surface area contributed by atoms with E-state index in [1.54, 1.807) is 19.2 Å². The first-order chi connectivity index (χ1) is 14.5. The number of methoxy groups -OCH3 is 2. The van der Waals surface area contributed by atoms with Crippen LogP contribution in [0.15, 0.2) is 36.4 Å². The lowest BCUT2D eigenvalue weighted by Gasteiger charge is -2.11. The molecule has 1 fully saturated rings. The van der Waals surface area contributed by atoms with E-state index < -0.39 is 5.97 Å². The molecule has 4 aromatic rings. The Morgan fingerprint density at radius 3 is 2.70 bits per heavy atom. The first kappa shape index (κ1) is 18.8. The summed E-state index contributed by atoms with van der Waals surface area (Å²) in [6.07, 6.45) is 2.50. The number of esters is 1. The molecule has 1 aliphatic carbocycles. The third-order valence-corrected chi connectivity index (χ3v) is 5.87. The fourth-order valence-electron chi connectivity index (χ4n) is 4.14. The van der Waals surface area contributed by atoms with Crippen molar-refractivity contribution < 1.29 is 14.3 Å². The largest absolute Gasteiger partial charge is 0.494 e. The van der Waals surface area contributed by atoms with Crippen molar-refractivity contribution in [1.29, 1.82) is 0 Å². The smallest absolute Gasteiger partial charge is 0.338 e. The van der Waals surface area contributed by atoms with Crippen molar-refractivity contribution in [2.24, 2.45) is 13.0 Å². The summed E-state index contributed by atoms with van der Waals surface area (Å²) in [6, 6.07) is 11.6. The molecule has 0 unspecified atom stereocenters. The molecule has 2 aromatic carbocycles. The van der Waals surface area contributed by atoms with Gasteiger partial charge in [0.25, 0.3) is 0 Å². The number of rotatable bonds is 5. The van der Waals surface area contributed by atoms with E-state index in [4.69, 9.17) is 22.3 Å². The van der Waals surface area contributed by atoms with Crippen LogP contribution in [0.3, 0.4) is 0 Å². The van der Waals surface area contributed by atoms with Gasteiger partial charge < -0.3 is 18.6 Å². The molecule has 2 radical (unpaired) electrons. The molecule has 2 aromatic heterocycles. The maximum absolute atomic E-state index is 12.1. The summed E-state index contributed by atoms with van der Waals surface area (Å²) in [7, 11) is 11.0. The average Bonchev–Trinajstić information content (AvgIpc) is 3.42. The third-order valence-electron chi connectivity index (χ3n) is 5.87. The van der Waals surface area contributed by atoms with Crippen LogP contribution < -0.4 is 10.2 Å². The number of carbonyl (C=O) groups is 1. The summed E-state index contributed by atoms with van der Waals surface area (Å²) in [5.74, 6) is 1.68. The molecule has 0 atom stereocenters. The summed E-state index contributed by atoms with van der Waals surface area (Å²) in [6.45, 7) is 0.941. The van der Waals surface area contributed by atoms with Gasteiger partial charge in [-0.25, -0.2) is 9.78 Å². The Labute approximate surface area is 175 Å². The monoisotopic (exact) mass is 399 g/mol. The van der Waals surface area contributed by atoms with E-state index in [0.29, 0.717) is 22.7 Å². The zero-order valence-electron chi connectivity index (χ0n) is 17.3. The number of hydrogen-bond acceptors (Lipinski definition) is 4. The highest BCUT2D eigenvalue weighted by Gasteiger charge is 2.26. The molecule has 1 aliphatic rings. The van der Waals surface area contributed by atoms with E-state index in [1.807, 2.05) is 23.7 Å². The number of aryl methyl sites for hydroxylation is 1. The van der Waals surface area contributed by atoms with E-state index in [0.717, 1.165) is 39.9 Å². The second-order valence-corrected chi connectivity index (χ2v) is 7.93. The fourth-order valence-corrected chi connectivity index (χ4v) is 4.14. The van der Waals surface area contributed by atoms with Gasteiger partial charge in [-0.2, -0.15) is 0 Å². The Morgan fingerprint density at radius 2 is 2.00 bits per heavy atom. The summed E-state index contributed by atoms with van der Waals surface area (Å²) >= 11 is 0. The number of hydrogen-bond donors (Lipinski definition) is 0. The van der Waals surface area contributed by atoms with Crippen LogP contribution in [0.1, 0.15) is 23.2 Å². The molecular weight excluding hydrogens is 377 g/mol. The molecule has 1 saturated carbocycles. The van der Waals surface area contributed by atoms with Gasteiger partial charge in [0.2, 0.25) is 0 Å². The lowest BCUT2D eigenvalue weighted by molar-refractivity contribution is 0.0600. The van der Waals surface area contributed by atoms with Gasteiger partial charge in [-0.1, -0.05) is 17.6 Å². The number of ether oxygens (including phenoxy) is 2. The van der Waals surface area contributed by atoms with E-state index in [-0.39, 0.29) is 0 Å². The van der Waals surface area contributed by atoms with Gasteiger partial charge in [0.05, 0.1) is 31.0 Å². The molecule has 0 bridgehead atoms. The minimum absolute atomic E-state index is 0.415. The molecule has 0 aliphatic heterocycles. The van der Waals surface area contributed by atoms with Crippen molar-refractivity contribution in [1.82, 2.24) is 14.1 Å². The lowest BCUT2D eigenvalue weighted by atomic mass is 9.95. The zero-order valence-corrected chi connectivity index (χ0v) is 17.3. The summed E-state index contributed by atoms with van der Waals surface area (Å²) in [5, 5.41) is 1.13. The summed E-state index contributed by atoms with van der Waals surface area (Å²) in [5.41, 5.74) is 4.84. The highest BCUT2D eigenvalue weighted by atomic mass is 16.5. The molecule has 0 saturated heterocycles. The Bertz CT molecular complexity index is 1300. The predicted octanol–water partition coefficient (Wildman–Crippen LogP) is 3.19. The molecule has 0 N–H and O–H groups in total. The maximum Gasteiger partial charge on any atom is 0.338 e. The van der Waals surface area contributed by atoms with Gasteiger partial charge >= 0.3 is 5.97 Å². The Hall–Kier alpha value is -3.22. The molecule has 2 heterocycles. The van der Waals surface area contributed by atoms with Gasteiger partial charge in [-0.3, -0.25) is 0 Å². The Balaban J connectivity index is 1.76. The number of fused-ring (bicyclic) bond motifs is 2. The Morgan fingerprint density at radius 1 is 1.20 bits per heavy atom. The van der Waals surface area contributed by atoms with Crippen LogP contribution in [0.2, 0.25) is 0 Å².